The molecule has 0 heterocycles. The van der Waals surface area contributed by atoms with Gasteiger partial charge in [0.1, 0.15) is 5.25 Å². The molecule has 26 heavy (non-hydrogen) atoms. The zero-order chi connectivity index (χ0) is 18.4. The molecule has 3 nitrogen and oxygen atoms in total. The molecule has 0 aliphatic rings. The molecular weight excluding hydrogens is 342 g/mol. The average molecular weight is 361 g/mol. The summed E-state index contributed by atoms with van der Waals surface area (Å²) >= 11 is 1.49. The predicted molar refractivity (Wildman–Crippen MR) is 107 cm³/mol. The summed E-state index contributed by atoms with van der Waals surface area (Å²) in [4.78, 5) is 25.9. The quantitative estimate of drug-likeness (QED) is 0.475. The highest BCUT2D eigenvalue weighted by atomic mass is 32.2. The number of hydrogen-bond donors (Lipinski definition) is 1. The molecule has 0 aromatic heterocycles. The summed E-state index contributed by atoms with van der Waals surface area (Å²) in [7, 11) is 0. The SMILES string of the molecule is CC(=O)c1ccccc1NC(=O)[C@@H](Sc1ccccc1)c1ccccc1. The Bertz CT molecular complexity index is 894. The first-order valence-electron chi connectivity index (χ1n) is 8.32. The average Bonchev–Trinajstić information content (AvgIpc) is 2.68. The number of amides is 1. The molecular formula is C22H19NO2S. The van der Waals surface area contributed by atoms with Crippen molar-refractivity contribution in [2.24, 2.45) is 0 Å². The van der Waals surface area contributed by atoms with E-state index in [-0.39, 0.29) is 11.7 Å². The molecule has 1 N–H and O–H groups in total. The molecule has 0 aliphatic carbocycles. The molecule has 3 aromatic rings. The van der Waals surface area contributed by atoms with Gasteiger partial charge in [-0.05, 0) is 36.8 Å². The van der Waals surface area contributed by atoms with Crippen LogP contribution in [-0.4, -0.2) is 11.7 Å². The van der Waals surface area contributed by atoms with Crippen LogP contribution >= 0.6 is 11.8 Å². The van der Waals surface area contributed by atoms with E-state index >= 15 is 0 Å². The van der Waals surface area contributed by atoms with Gasteiger partial charge in [0.2, 0.25) is 5.91 Å². The summed E-state index contributed by atoms with van der Waals surface area (Å²) in [5, 5.41) is 2.51. The Hall–Kier alpha value is -2.85. The monoisotopic (exact) mass is 361 g/mol. The lowest BCUT2D eigenvalue weighted by Crippen LogP contribution is -2.20. The maximum Gasteiger partial charge on any atom is 0.242 e. The van der Waals surface area contributed by atoms with Gasteiger partial charge < -0.3 is 5.32 Å². The lowest BCUT2D eigenvalue weighted by Gasteiger charge is -2.18. The van der Waals surface area contributed by atoms with Gasteiger partial charge in [-0.1, -0.05) is 60.7 Å². The summed E-state index contributed by atoms with van der Waals surface area (Å²) in [5.41, 5.74) is 1.97. The highest BCUT2D eigenvalue weighted by Gasteiger charge is 2.23. The van der Waals surface area contributed by atoms with Crippen LogP contribution in [0, 0.1) is 0 Å². The zero-order valence-electron chi connectivity index (χ0n) is 14.4. The molecule has 3 rings (SSSR count). The van der Waals surface area contributed by atoms with Crippen molar-refractivity contribution in [2.45, 2.75) is 17.1 Å². The zero-order valence-corrected chi connectivity index (χ0v) is 15.2. The first kappa shape index (κ1) is 18.0. The van der Waals surface area contributed by atoms with E-state index in [1.165, 1.54) is 18.7 Å². The molecule has 0 spiro atoms. The Kier molecular flexibility index (Phi) is 5.87. The molecule has 0 saturated carbocycles. The number of carbonyl (C=O) groups excluding carboxylic acids is 2. The second-order valence-electron chi connectivity index (χ2n) is 5.81. The summed E-state index contributed by atoms with van der Waals surface area (Å²) in [6.45, 7) is 1.50. The van der Waals surface area contributed by atoms with Crippen LogP contribution < -0.4 is 5.32 Å². The summed E-state index contributed by atoms with van der Waals surface area (Å²) < 4.78 is 0. The number of hydrogen-bond acceptors (Lipinski definition) is 3. The highest BCUT2D eigenvalue weighted by molar-refractivity contribution is 8.00. The minimum Gasteiger partial charge on any atom is -0.324 e. The van der Waals surface area contributed by atoms with Crippen molar-refractivity contribution in [1.82, 2.24) is 0 Å². The molecule has 4 heteroatoms. The maximum absolute atomic E-state index is 13.0. The summed E-state index contributed by atoms with van der Waals surface area (Å²) in [5.74, 6) is -0.230. The Balaban J connectivity index is 1.89. The molecule has 0 radical (unpaired) electrons. The van der Waals surface area contributed by atoms with Gasteiger partial charge in [0.05, 0.1) is 5.69 Å². The number of rotatable bonds is 6. The number of ketones is 1. The fourth-order valence-corrected chi connectivity index (χ4v) is 3.68. The van der Waals surface area contributed by atoms with Crippen molar-refractivity contribution in [1.29, 1.82) is 0 Å². The van der Waals surface area contributed by atoms with Gasteiger partial charge in [0.15, 0.2) is 5.78 Å². The van der Waals surface area contributed by atoms with Gasteiger partial charge in [-0.3, -0.25) is 9.59 Å². The van der Waals surface area contributed by atoms with Crippen LogP contribution in [0.25, 0.3) is 0 Å². The van der Waals surface area contributed by atoms with E-state index in [1.54, 1.807) is 18.2 Å². The van der Waals surface area contributed by atoms with Gasteiger partial charge in [-0.25, -0.2) is 0 Å². The van der Waals surface area contributed by atoms with E-state index in [0.717, 1.165) is 10.5 Å². The van der Waals surface area contributed by atoms with Crippen LogP contribution in [0.2, 0.25) is 0 Å². The van der Waals surface area contributed by atoms with E-state index in [9.17, 15) is 9.59 Å². The lowest BCUT2D eigenvalue weighted by atomic mass is 10.1. The molecule has 0 unspecified atom stereocenters. The van der Waals surface area contributed by atoms with Gasteiger partial charge in [-0.2, -0.15) is 0 Å². The van der Waals surface area contributed by atoms with Crippen LogP contribution in [0.4, 0.5) is 5.69 Å². The molecule has 0 saturated heterocycles. The summed E-state index contributed by atoms with van der Waals surface area (Å²) in [6.07, 6.45) is 0. The van der Waals surface area contributed by atoms with E-state index in [2.05, 4.69) is 5.32 Å². The number of nitrogens with one attached hydrogen (secondary N) is 1. The van der Waals surface area contributed by atoms with Crippen molar-refractivity contribution in [2.75, 3.05) is 5.32 Å². The number of anilines is 1. The fourth-order valence-electron chi connectivity index (χ4n) is 2.63. The normalized spacial score (nSPS) is 11.6. The van der Waals surface area contributed by atoms with E-state index in [4.69, 9.17) is 0 Å². The van der Waals surface area contributed by atoms with Crippen molar-refractivity contribution >= 4 is 29.1 Å². The first-order valence-corrected chi connectivity index (χ1v) is 9.20. The van der Waals surface area contributed by atoms with Gasteiger partial charge >= 0.3 is 0 Å². The number of benzene rings is 3. The molecule has 0 bridgehead atoms. The first-order chi connectivity index (χ1) is 12.6. The van der Waals surface area contributed by atoms with Gasteiger partial charge in [0.25, 0.3) is 0 Å². The standard InChI is InChI=1S/C22H19NO2S/c1-16(24)19-14-8-9-15-20(19)23-22(25)21(17-10-4-2-5-11-17)26-18-12-6-3-7-13-18/h2-15,21H,1H3,(H,23,25)/t21-/m0/s1. The van der Waals surface area contributed by atoms with Crippen molar-refractivity contribution in [3.05, 3.63) is 96.1 Å². The van der Waals surface area contributed by atoms with Crippen molar-refractivity contribution < 1.29 is 9.59 Å². The molecule has 1 atom stereocenters. The Morgan fingerprint density at radius 2 is 1.38 bits per heavy atom. The smallest absolute Gasteiger partial charge is 0.242 e. The second-order valence-corrected chi connectivity index (χ2v) is 6.99. The lowest BCUT2D eigenvalue weighted by molar-refractivity contribution is -0.115. The number of Topliss-reactive ketones (excluding diaryl/α,β-unsaturated/α-hetero) is 1. The second kappa shape index (κ2) is 8.50. The summed E-state index contributed by atoms with van der Waals surface area (Å²) in [6, 6.07) is 26.5. The molecule has 0 aliphatic heterocycles. The van der Waals surface area contributed by atoms with Gasteiger partial charge in [0, 0.05) is 10.5 Å². The Morgan fingerprint density at radius 3 is 2.04 bits per heavy atom. The van der Waals surface area contributed by atoms with E-state index in [0.29, 0.717) is 11.3 Å². The Labute approximate surface area is 157 Å². The van der Waals surface area contributed by atoms with E-state index in [1.807, 2.05) is 66.7 Å². The number of thioether (sulfide) groups is 1. The Morgan fingerprint density at radius 1 is 0.808 bits per heavy atom. The molecule has 3 aromatic carbocycles. The van der Waals surface area contributed by atoms with Crippen molar-refractivity contribution in [3.63, 3.8) is 0 Å². The molecule has 130 valence electrons. The third kappa shape index (κ3) is 4.41. The topological polar surface area (TPSA) is 46.2 Å². The van der Waals surface area contributed by atoms with Crippen LogP contribution in [0.5, 0.6) is 0 Å². The number of carbonyl (C=O) groups is 2. The van der Waals surface area contributed by atoms with Crippen LogP contribution in [0.1, 0.15) is 28.1 Å². The van der Waals surface area contributed by atoms with Crippen LogP contribution in [0.3, 0.4) is 0 Å². The maximum atomic E-state index is 13.0. The molecule has 0 fully saturated rings. The minimum absolute atomic E-state index is 0.0760. The van der Waals surface area contributed by atoms with Crippen LogP contribution in [-0.2, 0) is 4.79 Å². The minimum atomic E-state index is -0.418. The van der Waals surface area contributed by atoms with Gasteiger partial charge in [-0.15, -0.1) is 11.8 Å². The third-order valence-corrected chi connectivity index (χ3v) is 5.17. The number of para-hydroxylation sites is 1. The highest BCUT2D eigenvalue weighted by Crippen LogP contribution is 2.36. The fraction of sp³-hybridized carbons (Fsp3) is 0.0909. The third-order valence-electron chi connectivity index (χ3n) is 3.90. The predicted octanol–water partition coefficient (Wildman–Crippen LogP) is 5.36. The van der Waals surface area contributed by atoms with E-state index < -0.39 is 5.25 Å². The largest absolute Gasteiger partial charge is 0.324 e. The van der Waals surface area contributed by atoms with Crippen molar-refractivity contribution in [3.8, 4) is 0 Å². The van der Waals surface area contributed by atoms with Crippen LogP contribution in [0.15, 0.2) is 89.8 Å². The molecule has 1 amide bonds.